The molecule has 1 saturated heterocycles. The Labute approximate surface area is 119 Å². The molecule has 2 heterocycles. The van der Waals surface area contributed by atoms with Gasteiger partial charge in [0, 0.05) is 23.3 Å². The zero-order valence-electron chi connectivity index (χ0n) is 11.5. The summed E-state index contributed by atoms with van der Waals surface area (Å²) < 4.78 is 1.38. The van der Waals surface area contributed by atoms with E-state index < -0.39 is 0 Å². The van der Waals surface area contributed by atoms with Crippen molar-refractivity contribution < 1.29 is 0 Å². The molecule has 0 saturated carbocycles. The number of nitrogens with two attached hydrogens (primary N) is 1. The fourth-order valence-electron chi connectivity index (χ4n) is 3.40. The van der Waals surface area contributed by atoms with Crippen LogP contribution in [0, 0.1) is 0 Å². The molecule has 2 aromatic rings. The molecule has 2 unspecified atom stereocenters. The van der Waals surface area contributed by atoms with Crippen molar-refractivity contribution in [3.8, 4) is 0 Å². The summed E-state index contributed by atoms with van der Waals surface area (Å²) >= 11 is 1.84. The summed E-state index contributed by atoms with van der Waals surface area (Å²) in [4.78, 5) is 2.63. The van der Waals surface area contributed by atoms with Gasteiger partial charge in [0.15, 0.2) is 0 Å². The predicted octanol–water partition coefficient (Wildman–Crippen LogP) is 3.78. The first-order valence-corrected chi connectivity index (χ1v) is 8.15. The van der Waals surface area contributed by atoms with Crippen molar-refractivity contribution in [1.29, 1.82) is 0 Å². The molecule has 2 atom stereocenters. The van der Waals surface area contributed by atoms with Crippen LogP contribution in [0.5, 0.6) is 0 Å². The van der Waals surface area contributed by atoms with E-state index >= 15 is 0 Å². The molecular formula is C16H22N2S. The molecule has 3 rings (SSSR count). The summed E-state index contributed by atoms with van der Waals surface area (Å²) in [7, 11) is 0. The van der Waals surface area contributed by atoms with Crippen LogP contribution in [-0.2, 0) is 0 Å². The Morgan fingerprint density at radius 2 is 2.26 bits per heavy atom. The molecular weight excluding hydrogens is 252 g/mol. The van der Waals surface area contributed by atoms with Crippen LogP contribution in [-0.4, -0.2) is 24.0 Å². The van der Waals surface area contributed by atoms with E-state index in [2.05, 4.69) is 41.5 Å². The third kappa shape index (κ3) is 2.31. The number of thiophene rings is 1. The Bertz CT molecular complexity index is 548. The van der Waals surface area contributed by atoms with Gasteiger partial charge in [-0.2, -0.15) is 0 Å². The predicted molar refractivity (Wildman–Crippen MR) is 83.6 cm³/mol. The summed E-state index contributed by atoms with van der Waals surface area (Å²) in [5, 5.41) is 3.71. The Balaban J connectivity index is 1.98. The van der Waals surface area contributed by atoms with Gasteiger partial charge < -0.3 is 5.73 Å². The summed E-state index contributed by atoms with van der Waals surface area (Å²) in [6.07, 6.45) is 3.88. The van der Waals surface area contributed by atoms with Gasteiger partial charge in [0.25, 0.3) is 0 Å². The second-order valence-corrected chi connectivity index (χ2v) is 6.29. The minimum Gasteiger partial charge on any atom is -0.329 e. The van der Waals surface area contributed by atoms with Gasteiger partial charge in [-0.1, -0.05) is 25.1 Å². The van der Waals surface area contributed by atoms with E-state index in [0.29, 0.717) is 12.1 Å². The first-order chi connectivity index (χ1) is 9.35. The molecule has 2 N–H and O–H groups in total. The Kier molecular flexibility index (Phi) is 3.87. The number of likely N-dealkylation sites (tertiary alicyclic amines) is 1. The van der Waals surface area contributed by atoms with Gasteiger partial charge in [0.2, 0.25) is 0 Å². The average molecular weight is 274 g/mol. The Morgan fingerprint density at radius 3 is 3.05 bits per heavy atom. The highest BCUT2D eigenvalue weighted by Gasteiger charge is 2.30. The van der Waals surface area contributed by atoms with Gasteiger partial charge in [0.1, 0.15) is 0 Å². The maximum absolute atomic E-state index is 6.11. The van der Waals surface area contributed by atoms with Crippen LogP contribution in [0.3, 0.4) is 0 Å². The lowest BCUT2D eigenvalue weighted by Gasteiger charge is -2.32. The summed E-state index contributed by atoms with van der Waals surface area (Å²) in [5.74, 6) is 0. The van der Waals surface area contributed by atoms with Crippen LogP contribution < -0.4 is 5.73 Å². The highest BCUT2D eigenvalue weighted by molar-refractivity contribution is 7.17. The SMILES string of the molecule is CCC1CCCN1C(CN)c1csc2ccccc12. The maximum Gasteiger partial charge on any atom is 0.0487 e. The molecule has 0 aliphatic carbocycles. The maximum atomic E-state index is 6.11. The molecule has 0 amide bonds. The molecule has 1 aliphatic heterocycles. The van der Waals surface area contributed by atoms with Gasteiger partial charge in [-0.05, 0) is 48.2 Å². The Hall–Kier alpha value is -0.900. The minimum absolute atomic E-state index is 0.392. The number of rotatable bonds is 4. The van der Waals surface area contributed by atoms with E-state index in [9.17, 15) is 0 Å². The van der Waals surface area contributed by atoms with Crippen LogP contribution in [0.4, 0.5) is 0 Å². The molecule has 102 valence electrons. The first-order valence-electron chi connectivity index (χ1n) is 7.27. The third-order valence-electron chi connectivity index (χ3n) is 4.39. The van der Waals surface area contributed by atoms with Crippen molar-refractivity contribution >= 4 is 21.4 Å². The van der Waals surface area contributed by atoms with Crippen molar-refractivity contribution in [2.45, 2.75) is 38.3 Å². The summed E-state index contributed by atoms with van der Waals surface area (Å²) in [6, 6.07) is 9.80. The van der Waals surface area contributed by atoms with Gasteiger partial charge in [0.05, 0.1) is 0 Å². The molecule has 19 heavy (non-hydrogen) atoms. The van der Waals surface area contributed by atoms with E-state index in [4.69, 9.17) is 5.73 Å². The highest BCUT2D eigenvalue weighted by Crippen LogP contribution is 2.36. The van der Waals surface area contributed by atoms with E-state index in [1.807, 2.05) is 11.3 Å². The van der Waals surface area contributed by atoms with Gasteiger partial charge in [-0.15, -0.1) is 11.3 Å². The largest absolute Gasteiger partial charge is 0.329 e. The number of nitrogens with zero attached hydrogens (tertiary/aromatic N) is 1. The molecule has 1 fully saturated rings. The monoisotopic (exact) mass is 274 g/mol. The normalized spacial score (nSPS) is 22.1. The van der Waals surface area contributed by atoms with E-state index in [0.717, 1.165) is 6.54 Å². The van der Waals surface area contributed by atoms with Crippen LogP contribution in [0.2, 0.25) is 0 Å². The van der Waals surface area contributed by atoms with Gasteiger partial charge >= 0.3 is 0 Å². The summed E-state index contributed by atoms with van der Waals surface area (Å²) in [6.45, 7) is 4.21. The van der Waals surface area contributed by atoms with Crippen molar-refractivity contribution in [3.05, 3.63) is 35.2 Å². The van der Waals surface area contributed by atoms with Gasteiger partial charge in [-0.3, -0.25) is 4.90 Å². The molecule has 1 aromatic heterocycles. The lowest BCUT2D eigenvalue weighted by Crippen LogP contribution is -2.37. The second kappa shape index (κ2) is 5.61. The highest BCUT2D eigenvalue weighted by atomic mass is 32.1. The molecule has 2 nitrogen and oxygen atoms in total. The zero-order valence-corrected chi connectivity index (χ0v) is 12.3. The number of benzene rings is 1. The standard InChI is InChI=1S/C16H22N2S/c1-2-12-6-5-9-18(12)15(10-17)14-11-19-16-8-4-3-7-13(14)16/h3-4,7-8,11-12,15H,2,5-6,9-10,17H2,1H3. The molecule has 1 aromatic carbocycles. The topological polar surface area (TPSA) is 29.3 Å². The quantitative estimate of drug-likeness (QED) is 0.919. The average Bonchev–Trinajstić information content (AvgIpc) is 3.07. The number of fused-ring (bicyclic) bond motifs is 1. The van der Waals surface area contributed by atoms with E-state index in [1.54, 1.807) is 0 Å². The molecule has 0 bridgehead atoms. The third-order valence-corrected chi connectivity index (χ3v) is 5.37. The van der Waals surface area contributed by atoms with Crippen LogP contribution >= 0.6 is 11.3 Å². The number of hydrogen-bond acceptors (Lipinski definition) is 3. The van der Waals surface area contributed by atoms with Crippen molar-refractivity contribution in [1.82, 2.24) is 4.90 Å². The van der Waals surface area contributed by atoms with E-state index in [-0.39, 0.29) is 0 Å². The molecule has 0 spiro atoms. The van der Waals surface area contributed by atoms with Crippen LogP contribution in [0.1, 0.15) is 37.8 Å². The summed E-state index contributed by atoms with van der Waals surface area (Å²) in [5.41, 5.74) is 7.55. The lowest BCUT2D eigenvalue weighted by atomic mass is 10.0. The Morgan fingerprint density at radius 1 is 1.42 bits per heavy atom. The lowest BCUT2D eigenvalue weighted by molar-refractivity contribution is 0.181. The molecule has 3 heteroatoms. The fourth-order valence-corrected chi connectivity index (χ4v) is 4.41. The number of hydrogen-bond donors (Lipinski definition) is 1. The smallest absolute Gasteiger partial charge is 0.0487 e. The van der Waals surface area contributed by atoms with Crippen LogP contribution in [0.25, 0.3) is 10.1 Å². The van der Waals surface area contributed by atoms with Crippen molar-refractivity contribution in [2.24, 2.45) is 5.73 Å². The van der Waals surface area contributed by atoms with Crippen molar-refractivity contribution in [3.63, 3.8) is 0 Å². The van der Waals surface area contributed by atoms with Gasteiger partial charge in [-0.25, -0.2) is 0 Å². The molecule has 1 aliphatic rings. The fraction of sp³-hybridized carbons (Fsp3) is 0.500. The first kappa shape index (κ1) is 13.1. The van der Waals surface area contributed by atoms with Crippen molar-refractivity contribution in [2.75, 3.05) is 13.1 Å². The van der Waals surface area contributed by atoms with E-state index in [1.165, 1.54) is 41.5 Å². The van der Waals surface area contributed by atoms with Crippen LogP contribution in [0.15, 0.2) is 29.6 Å². The zero-order chi connectivity index (χ0) is 13.2. The minimum atomic E-state index is 0.392. The molecule has 0 radical (unpaired) electrons. The second-order valence-electron chi connectivity index (χ2n) is 5.38.